The van der Waals surface area contributed by atoms with Gasteiger partial charge in [-0.25, -0.2) is 4.79 Å². The highest BCUT2D eigenvalue weighted by molar-refractivity contribution is 7.99. The van der Waals surface area contributed by atoms with Crippen LogP contribution in [0.2, 0.25) is 0 Å². The summed E-state index contributed by atoms with van der Waals surface area (Å²) in [6.45, 7) is 12.3. The molecule has 1 atom stereocenters. The monoisotopic (exact) mass is 535 g/mol. The van der Waals surface area contributed by atoms with Crippen LogP contribution >= 0.6 is 11.8 Å². The fourth-order valence-corrected chi connectivity index (χ4v) is 4.38. The van der Waals surface area contributed by atoms with E-state index in [0.29, 0.717) is 40.9 Å². The number of hydrogen-bond acceptors (Lipinski definition) is 7. The highest BCUT2D eigenvalue weighted by atomic mass is 32.2. The Hall–Kier alpha value is -3.92. The Kier molecular flexibility index (Phi) is 10.2. The van der Waals surface area contributed by atoms with E-state index in [4.69, 9.17) is 4.74 Å². The largest absolute Gasteiger partial charge is 0.462 e. The van der Waals surface area contributed by atoms with Gasteiger partial charge in [-0.1, -0.05) is 49.4 Å². The van der Waals surface area contributed by atoms with Crippen molar-refractivity contribution >= 4 is 35.2 Å². The minimum Gasteiger partial charge on any atom is -0.462 e. The van der Waals surface area contributed by atoms with Gasteiger partial charge < -0.3 is 19.9 Å². The Morgan fingerprint density at radius 2 is 1.71 bits per heavy atom. The molecule has 9 nitrogen and oxygen atoms in total. The first-order valence-corrected chi connectivity index (χ1v) is 13.3. The van der Waals surface area contributed by atoms with E-state index in [2.05, 4.69) is 27.4 Å². The van der Waals surface area contributed by atoms with Crippen molar-refractivity contribution in [3.05, 3.63) is 83.7 Å². The Balaban J connectivity index is 1.69. The Bertz CT molecular complexity index is 1270. The number of thioether (sulfide) groups is 1. The molecule has 3 rings (SSSR count). The van der Waals surface area contributed by atoms with Crippen molar-refractivity contribution in [3.8, 4) is 0 Å². The summed E-state index contributed by atoms with van der Waals surface area (Å²) >= 11 is 1.24. The lowest BCUT2D eigenvalue weighted by Gasteiger charge is -2.22. The van der Waals surface area contributed by atoms with Crippen LogP contribution in [0.5, 0.6) is 0 Å². The van der Waals surface area contributed by atoms with Crippen molar-refractivity contribution in [2.45, 2.75) is 45.4 Å². The number of benzene rings is 2. The van der Waals surface area contributed by atoms with E-state index in [-0.39, 0.29) is 23.5 Å². The van der Waals surface area contributed by atoms with E-state index in [1.54, 1.807) is 49.4 Å². The number of allylic oxidation sites excluding steroid dienone is 1. The summed E-state index contributed by atoms with van der Waals surface area (Å²) in [5, 5.41) is 15.1. The molecule has 0 spiro atoms. The summed E-state index contributed by atoms with van der Waals surface area (Å²) in [5.41, 5.74) is 2.62. The van der Waals surface area contributed by atoms with Crippen molar-refractivity contribution in [2.24, 2.45) is 5.92 Å². The van der Waals surface area contributed by atoms with Crippen LogP contribution in [0.3, 0.4) is 0 Å². The third-order valence-corrected chi connectivity index (χ3v) is 6.58. The molecule has 10 heteroatoms. The summed E-state index contributed by atoms with van der Waals surface area (Å²) in [6, 6.07) is 13.5. The molecule has 0 radical (unpaired) electrons. The number of rotatable bonds is 12. The summed E-state index contributed by atoms with van der Waals surface area (Å²) in [6.07, 6.45) is 1.72. The number of nitrogens with one attached hydrogen (secondary N) is 2. The minimum absolute atomic E-state index is 0.0379. The lowest BCUT2D eigenvalue weighted by atomic mass is 10.0. The number of aryl methyl sites for hydroxylation is 1. The van der Waals surface area contributed by atoms with Gasteiger partial charge in [0.1, 0.15) is 0 Å². The van der Waals surface area contributed by atoms with Crippen LogP contribution in [0.1, 0.15) is 58.9 Å². The molecule has 1 aromatic heterocycles. The SMILES string of the molecule is C=CCn1c(SCC(=O)Nc2ccc(C(=O)OCC)cc2)nnc1[C@@H](NC(=O)c1ccc(C)cc1)C(C)C. The van der Waals surface area contributed by atoms with Crippen LogP contribution < -0.4 is 10.6 Å². The van der Waals surface area contributed by atoms with Crippen molar-refractivity contribution in [2.75, 3.05) is 17.7 Å². The standard InChI is InChI=1S/C28H33N5O4S/c1-6-16-33-25(24(18(3)4)30-26(35)20-10-8-19(5)9-11-20)31-32-28(33)38-17-23(34)29-22-14-12-21(13-15-22)27(36)37-7-2/h6,8-15,18,24H,1,7,16-17H2,2-5H3,(H,29,34)(H,30,35)/t24-/m0/s1. The molecule has 0 saturated heterocycles. The maximum Gasteiger partial charge on any atom is 0.338 e. The van der Waals surface area contributed by atoms with E-state index in [1.165, 1.54) is 11.8 Å². The zero-order valence-electron chi connectivity index (χ0n) is 22.1. The highest BCUT2D eigenvalue weighted by Gasteiger charge is 2.26. The number of carbonyl (C=O) groups is 3. The van der Waals surface area contributed by atoms with Gasteiger partial charge in [-0.15, -0.1) is 16.8 Å². The number of anilines is 1. The molecule has 2 amide bonds. The minimum atomic E-state index is -0.409. The number of amides is 2. The van der Waals surface area contributed by atoms with Crippen LogP contribution in [-0.4, -0.2) is 44.9 Å². The molecule has 0 aliphatic carbocycles. The number of nitrogens with zero attached hydrogens (tertiary/aromatic N) is 3. The van der Waals surface area contributed by atoms with Gasteiger partial charge in [-0.2, -0.15) is 0 Å². The Labute approximate surface area is 227 Å². The van der Waals surface area contributed by atoms with Crippen molar-refractivity contribution < 1.29 is 19.1 Å². The second-order valence-electron chi connectivity index (χ2n) is 8.94. The van der Waals surface area contributed by atoms with E-state index in [1.807, 2.05) is 37.5 Å². The maximum absolute atomic E-state index is 12.9. The average Bonchev–Trinajstić information content (AvgIpc) is 3.29. The second kappa shape index (κ2) is 13.6. The number of hydrogen-bond donors (Lipinski definition) is 2. The molecule has 2 aromatic carbocycles. The second-order valence-corrected chi connectivity index (χ2v) is 9.88. The van der Waals surface area contributed by atoms with Crippen molar-refractivity contribution in [1.29, 1.82) is 0 Å². The van der Waals surface area contributed by atoms with Gasteiger partial charge in [-0.05, 0) is 56.2 Å². The predicted octanol–water partition coefficient (Wildman–Crippen LogP) is 4.81. The van der Waals surface area contributed by atoms with Gasteiger partial charge in [-0.3, -0.25) is 9.59 Å². The first-order valence-electron chi connectivity index (χ1n) is 12.3. The van der Waals surface area contributed by atoms with Crippen molar-refractivity contribution in [1.82, 2.24) is 20.1 Å². The molecule has 0 fully saturated rings. The third kappa shape index (κ3) is 7.55. The highest BCUT2D eigenvalue weighted by Crippen LogP contribution is 2.26. The molecule has 0 aliphatic rings. The number of esters is 1. The summed E-state index contributed by atoms with van der Waals surface area (Å²) < 4.78 is 6.83. The topological polar surface area (TPSA) is 115 Å². The lowest BCUT2D eigenvalue weighted by molar-refractivity contribution is -0.113. The van der Waals surface area contributed by atoms with E-state index in [9.17, 15) is 14.4 Å². The summed E-state index contributed by atoms with van der Waals surface area (Å²) in [7, 11) is 0. The molecule has 0 aliphatic heterocycles. The predicted molar refractivity (Wildman–Crippen MR) is 148 cm³/mol. The summed E-state index contributed by atoms with van der Waals surface area (Å²) in [5.74, 6) is -0.111. The first kappa shape index (κ1) is 28.6. The number of ether oxygens (including phenoxy) is 1. The molecule has 0 bridgehead atoms. The normalized spacial score (nSPS) is 11.6. The first-order chi connectivity index (χ1) is 18.2. The fraction of sp³-hybridized carbons (Fsp3) is 0.321. The summed E-state index contributed by atoms with van der Waals surface area (Å²) in [4.78, 5) is 37.3. The van der Waals surface area contributed by atoms with Crippen LogP contribution in [0.15, 0.2) is 66.3 Å². The van der Waals surface area contributed by atoms with Gasteiger partial charge in [0.15, 0.2) is 11.0 Å². The van der Waals surface area contributed by atoms with Gasteiger partial charge in [0.05, 0.1) is 24.0 Å². The molecule has 200 valence electrons. The zero-order valence-corrected chi connectivity index (χ0v) is 22.9. The average molecular weight is 536 g/mol. The molecule has 0 saturated carbocycles. The molecular formula is C28H33N5O4S. The number of aromatic nitrogens is 3. The lowest BCUT2D eigenvalue weighted by Crippen LogP contribution is -2.33. The van der Waals surface area contributed by atoms with Crippen molar-refractivity contribution in [3.63, 3.8) is 0 Å². The molecule has 38 heavy (non-hydrogen) atoms. The van der Waals surface area contributed by atoms with Gasteiger partial charge >= 0.3 is 5.97 Å². The van der Waals surface area contributed by atoms with E-state index >= 15 is 0 Å². The number of carbonyl (C=O) groups excluding carboxylic acids is 3. The Morgan fingerprint density at radius 1 is 1.05 bits per heavy atom. The fourth-order valence-electron chi connectivity index (χ4n) is 3.63. The van der Waals surface area contributed by atoms with E-state index in [0.717, 1.165) is 5.56 Å². The maximum atomic E-state index is 12.9. The Morgan fingerprint density at radius 3 is 2.32 bits per heavy atom. The zero-order chi connectivity index (χ0) is 27.7. The van der Waals surface area contributed by atoms with E-state index < -0.39 is 12.0 Å². The molecular weight excluding hydrogens is 502 g/mol. The molecule has 0 unspecified atom stereocenters. The smallest absolute Gasteiger partial charge is 0.338 e. The van der Waals surface area contributed by atoms with Crippen LogP contribution in [0.4, 0.5) is 5.69 Å². The van der Waals surface area contributed by atoms with Gasteiger partial charge in [0.2, 0.25) is 5.91 Å². The van der Waals surface area contributed by atoms with Gasteiger partial charge in [0.25, 0.3) is 5.91 Å². The van der Waals surface area contributed by atoms with Gasteiger partial charge in [0, 0.05) is 17.8 Å². The molecule has 3 aromatic rings. The van der Waals surface area contributed by atoms with Crippen LogP contribution in [0, 0.1) is 12.8 Å². The third-order valence-electron chi connectivity index (χ3n) is 5.61. The molecule has 1 heterocycles. The van der Waals surface area contributed by atoms with Crippen LogP contribution in [0.25, 0.3) is 0 Å². The van der Waals surface area contributed by atoms with Crippen LogP contribution in [-0.2, 0) is 16.1 Å². The quantitative estimate of drug-likeness (QED) is 0.194. The molecule has 2 N–H and O–H groups in total.